The lowest BCUT2D eigenvalue weighted by Gasteiger charge is -2.06. The molecule has 0 saturated carbocycles. The maximum atomic E-state index is 12.2. The monoisotopic (exact) mass is 370 g/mol. The van der Waals surface area contributed by atoms with Gasteiger partial charge in [0.15, 0.2) is 0 Å². The summed E-state index contributed by atoms with van der Waals surface area (Å²) in [6, 6.07) is 13.6. The summed E-state index contributed by atoms with van der Waals surface area (Å²) in [4.78, 5) is 22.6. The van der Waals surface area contributed by atoms with Gasteiger partial charge in [0.1, 0.15) is 5.69 Å². The Balaban J connectivity index is 1.68. The SMILES string of the molecule is Cc1cccc(-n2nnnc2SCC(=O)Nc2ccccc2[N+](=O)[O-])c1. The highest BCUT2D eigenvalue weighted by atomic mass is 32.2. The van der Waals surface area contributed by atoms with Crippen LogP contribution in [0, 0.1) is 17.0 Å². The molecule has 10 heteroatoms. The molecule has 3 rings (SSSR count). The van der Waals surface area contributed by atoms with Crippen molar-refractivity contribution in [1.82, 2.24) is 20.2 Å². The molecule has 3 aromatic rings. The summed E-state index contributed by atoms with van der Waals surface area (Å²) in [6.45, 7) is 1.96. The van der Waals surface area contributed by atoms with Gasteiger partial charge in [-0.05, 0) is 41.1 Å². The van der Waals surface area contributed by atoms with E-state index in [1.807, 2.05) is 31.2 Å². The molecule has 132 valence electrons. The fraction of sp³-hybridized carbons (Fsp3) is 0.125. The summed E-state index contributed by atoms with van der Waals surface area (Å²) in [5.41, 5.74) is 1.84. The highest BCUT2D eigenvalue weighted by Gasteiger charge is 2.16. The number of para-hydroxylation sites is 2. The maximum absolute atomic E-state index is 12.2. The fourth-order valence-electron chi connectivity index (χ4n) is 2.25. The van der Waals surface area contributed by atoms with E-state index in [0.29, 0.717) is 5.16 Å². The highest BCUT2D eigenvalue weighted by molar-refractivity contribution is 7.99. The van der Waals surface area contributed by atoms with Gasteiger partial charge in [0.05, 0.1) is 16.4 Å². The van der Waals surface area contributed by atoms with E-state index < -0.39 is 4.92 Å². The maximum Gasteiger partial charge on any atom is 0.292 e. The van der Waals surface area contributed by atoms with Crippen molar-refractivity contribution in [3.63, 3.8) is 0 Å². The van der Waals surface area contributed by atoms with Crippen LogP contribution in [0.3, 0.4) is 0 Å². The molecular weight excluding hydrogens is 356 g/mol. The minimum absolute atomic E-state index is 0.0121. The first-order valence-electron chi connectivity index (χ1n) is 7.56. The molecule has 0 aliphatic heterocycles. The van der Waals surface area contributed by atoms with Crippen LogP contribution in [0.25, 0.3) is 5.69 Å². The number of carbonyl (C=O) groups excluding carboxylic acids is 1. The van der Waals surface area contributed by atoms with Crippen molar-refractivity contribution in [2.45, 2.75) is 12.1 Å². The van der Waals surface area contributed by atoms with Gasteiger partial charge in [-0.1, -0.05) is 36.0 Å². The van der Waals surface area contributed by atoms with Crippen LogP contribution >= 0.6 is 11.8 Å². The second-order valence-corrected chi connectivity index (χ2v) is 6.27. The Morgan fingerprint density at radius 3 is 2.85 bits per heavy atom. The number of nitrogens with one attached hydrogen (secondary N) is 1. The predicted octanol–water partition coefficient (Wildman–Crippen LogP) is 2.61. The second kappa shape index (κ2) is 7.74. The molecule has 1 N–H and O–H groups in total. The molecule has 0 spiro atoms. The molecule has 1 heterocycles. The average Bonchev–Trinajstić information content (AvgIpc) is 3.09. The molecule has 0 unspecified atom stereocenters. The number of benzene rings is 2. The second-order valence-electron chi connectivity index (χ2n) is 5.32. The Morgan fingerprint density at radius 1 is 1.27 bits per heavy atom. The van der Waals surface area contributed by atoms with E-state index >= 15 is 0 Å². The lowest BCUT2D eigenvalue weighted by molar-refractivity contribution is -0.383. The first-order valence-corrected chi connectivity index (χ1v) is 8.54. The zero-order valence-electron chi connectivity index (χ0n) is 13.7. The zero-order chi connectivity index (χ0) is 18.5. The number of thioether (sulfide) groups is 1. The Morgan fingerprint density at radius 2 is 2.08 bits per heavy atom. The van der Waals surface area contributed by atoms with E-state index in [9.17, 15) is 14.9 Å². The van der Waals surface area contributed by atoms with Crippen LogP contribution < -0.4 is 5.32 Å². The zero-order valence-corrected chi connectivity index (χ0v) is 14.5. The number of aryl methyl sites for hydroxylation is 1. The minimum atomic E-state index is -0.541. The molecule has 0 fully saturated rings. The third kappa shape index (κ3) is 4.03. The average molecular weight is 370 g/mol. The van der Waals surface area contributed by atoms with Gasteiger partial charge >= 0.3 is 0 Å². The van der Waals surface area contributed by atoms with Gasteiger partial charge in [-0.3, -0.25) is 14.9 Å². The summed E-state index contributed by atoms with van der Waals surface area (Å²) in [7, 11) is 0. The number of anilines is 1. The number of hydrogen-bond acceptors (Lipinski definition) is 7. The standard InChI is InChI=1S/C16H14N6O3S/c1-11-5-4-6-12(9-11)21-16(18-19-20-21)26-10-15(23)17-13-7-2-3-8-14(13)22(24)25/h2-9H,10H2,1H3,(H,17,23). The third-order valence-corrected chi connectivity index (χ3v) is 4.31. The summed E-state index contributed by atoms with van der Waals surface area (Å²) < 4.78 is 1.54. The van der Waals surface area contributed by atoms with Crippen molar-refractivity contribution >= 4 is 29.0 Å². The largest absolute Gasteiger partial charge is 0.320 e. The molecule has 1 aromatic heterocycles. The molecule has 0 aliphatic carbocycles. The van der Waals surface area contributed by atoms with Gasteiger partial charge in [0.2, 0.25) is 11.1 Å². The van der Waals surface area contributed by atoms with Crippen molar-refractivity contribution in [2.24, 2.45) is 0 Å². The Bertz CT molecular complexity index is 958. The van der Waals surface area contributed by atoms with E-state index in [1.165, 1.54) is 16.8 Å². The number of hydrogen-bond donors (Lipinski definition) is 1. The van der Waals surface area contributed by atoms with Gasteiger partial charge in [-0.2, -0.15) is 4.68 Å². The van der Waals surface area contributed by atoms with Crippen LogP contribution in [0.2, 0.25) is 0 Å². The Hall–Kier alpha value is -3.27. The number of nitro benzene ring substituents is 1. The molecule has 0 radical (unpaired) electrons. The topological polar surface area (TPSA) is 116 Å². The molecule has 0 saturated heterocycles. The molecular formula is C16H14N6O3S. The smallest absolute Gasteiger partial charge is 0.292 e. The normalized spacial score (nSPS) is 10.5. The summed E-state index contributed by atoms with van der Waals surface area (Å²) in [5, 5.41) is 25.5. The van der Waals surface area contributed by atoms with Crippen LogP contribution in [0.1, 0.15) is 5.56 Å². The van der Waals surface area contributed by atoms with Gasteiger partial charge in [0.25, 0.3) is 5.69 Å². The number of carbonyl (C=O) groups is 1. The van der Waals surface area contributed by atoms with Crippen LogP contribution in [0.4, 0.5) is 11.4 Å². The van der Waals surface area contributed by atoms with Crippen LogP contribution in [-0.4, -0.2) is 36.8 Å². The van der Waals surface area contributed by atoms with Crippen molar-refractivity contribution in [1.29, 1.82) is 0 Å². The quantitative estimate of drug-likeness (QED) is 0.403. The van der Waals surface area contributed by atoms with Crippen molar-refractivity contribution in [3.8, 4) is 5.69 Å². The first-order chi connectivity index (χ1) is 12.5. The van der Waals surface area contributed by atoms with E-state index in [4.69, 9.17) is 0 Å². The van der Waals surface area contributed by atoms with E-state index in [2.05, 4.69) is 20.8 Å². The van der Waals surface area contributed by atoms with Crippen molar-refractivity contribution in [2.75, 3.05) is 11.1 Å². The van der Waals surface area contributed by atoms with E-state index in [0.717, 1.165) is 23.0 Å². The highest BCUT2D eigenvalue weighted by Crippen LogP contribution is 2.24. The lowest BCUT2D eigenvalue weighted by atomic mass is 10.2. The Labute approximate surface area is 152 Å². The van der Waals surface area contributed by atoms with Crippen molar-refractivity contribution in [3.05, 3.63) is 64.2 Å². The minimum Gasteiger partial charge on any atom is -0.320 e. The van der Waals surface area contributed by atoms with E-state index in [1.54, 1.807) is 12.1 Å². The van der Waals surface area contributed by atoms with Crippen LogP contribution in [-0.2, 0) is 4.79 Å². The third-order valence-electron chi connectivity index (χ3n) is 3.39. The Kier molecular flexibility index (Phi) is 5.23. The van der Waals surface area contributed by atoms with Gasteiger partial charge < -0.3 is 5.32 Å². The molecule has 0 bridgehead atoms. The number of aromatic nitrogens is 4. The molecule has 2 aromatic carbocycles. The molecule has 26 heavy (non-hydrogen) atoms. The number of nitro groups is 1. The van der Waals surface area contributed by atoms with Crippen molar-refractivity contribution < 1.29 is 9.72 Å². The predicted molar refractivity (Wildman–Crippen MR) is 96.3 cm³/mol. The van der Waals surface area contributed by atoms with Crippen LogP contribution in [0.15, 0.2) is 53.7 Å². The van der Waals surface area contributed by atoms with E-state index in [-0.39, 0.29) is 23.0 Å². The number of tetrazole rings is 1. The lowest BCUT2D eigenvalue weighted by Crippen LogP contribution is -2.15. The molecule has 0 atom stereocenters. The molecule has 9 nitrogen and oxygen atoms in total. The van der Waals surface area contributed by atoms with Crippen LogP contribution in [0.5, 0.6) is 0 Å². The first kappa shape index (κ1) is 17.5. The number of nitrogens with zero attached hydrogens (tertiary/aromatic N) is 5. The molecule has 1 amide bonds. The fourth-order valence-corrected chi connectivity index (χ4v) is 2.94. The summed E-state index contributed by atoms with van der Waals surface area (Å²) in [6.07, 6.45) is 0. The number of amides is 1. The van der Waals surface area contributed by atoms with Gasteiger partial charge in [-0.15, -0.1) is 5.10 Å². The summed E-state index contributed by atoms with van der Waals surface area (Å²) >= 11 is 1.14. The van der Waals surface area contributed by atoms with Gasteiger partial charge in [0, 0.05) is 6.07 Å². The number of rotatable bonds is 6. The summed E-state index contributed by atoms with van der Waals surface area (Å²) in [5.74, 6) is -0.374. The van der Waals surface area contributed by atoms with Gasteiger partial charge in [-0.25, -0.2) is 0 Å². The molecule has 0 aliphatic rings.